The van der Waals surface area contributed by atoms with Gasteiger partial charge in [0.2, 0.25) is 0 Å². The van der Waals surface area contributed by atoms with E-state index in [1.54, 1.807) is 0 Å². The van der Waals surface area contributed by atoms with E-state index in [1.165, 1.54) is 6.16 Å². The van der Waals surface area contributed by atoms with Gasteiger partial charge in [-0.05, 0) is 31.6 Å². The normalized spacial score (nSPS) is 15.8. The van der Waals surface area contributed by atoms with Crippen LogP contribution in [0.5, 0.6) is 0 Å². The van der Waals surface area contributed by atoms with E-state index >= 15 is 0 Å². The van der Waals surface area contributed by atoms with E-state index in [9.17, 15) is 0 Å². The highest BCUT2D eigenvalue weighted by Gasteiger charge is 2.08. The Bertz CT molecular complexity index is 144. The molecule has 98 valence electrons. The quantitative estimate of drug-likeness (QED) is 0.244. The molecule has 0 aromatic carbocycles. The lowest BCUT2D eigenvalue weighted by Crippen LogP contribution is -2.16. The molecule has 0 saturated carbocycles. The zero-order valence-corrected chi connectivity index (χ0v) is 12.1. The summed E-state index contributed by atoms with van der Waals surface area (Å²) in [6.07, 6.45) is 3.72. The molecule has 16 heavy (non-hydrogen) atoms. The van der Waals surface area contributed by atoms with Crippen LogP contribution in [0, 0.1) is 0 Å². The third-order valence-corrected chi connectivity index (χ3v) is 3.52. The fourth-order valence-electron chi connectivity index (χ4n) is 1.48. The summed E-state index contributed by atoms with van der Waals surface area (Å²) in [4.78, 5) is 9.86. The Hall–Kier alpha value is 0.310. The zero-order valence-electron chi connectivity index (χ0n) is 11.1. The molecular formula is C12H27O3P. The van der Waals surface area contributed by atoms with Gasteiger partial charge in [-0.3, -0.25) is 0 Å². The van der Waals surface area contributed by atoms with E-state index in [4.69, 9.17) is 14.5 Å². The van der Waals surface area contributed by atoms with Crippen LogP contribution in [0.25, 0.3) is 0 Å². The Morgan fingerprint density at radius 1 is 1.00 bits per heavy atom. The van der Waals surface area contributed by atoms with Crippen LogP contribution >= 0.6 is 8.58 Å². The van der Waals surface area contributed by atoms with Crippen molar-refractivity contribution in [1.29, 1.82) is 0 Å². The first kappa shape index (κ1) is 16.3. The molecule has 0 aromatic heterocycles. The van der Waals surface area contributed by atoms with E-state index < -0.39 is 0 Å². The van der Waals surface area contributed by atoms with Crippen molar-refractivity contribution in [3.63, 3.8) is 0 Å². The van der Waals surface area contributed by atoms with Crippen LogP contribution < -0.4 is 0 Å². The fourth-order valence-corrected chi connectivity index (χ4v) is 2.68. The summed E-state index contributed by atoms with van der Waals surface area (Å²) < 4.78 is 5.64. The SMILES string of the molecule is CCCOOCCOC(C)CC(C)PCC. The van der Waals surface area contributed by atoms with Crippen LogP contribution in [0.3, 0.4) is 0 Å². The maximum atomic E-state index is 5.64. The minimum absolute atomic E-state index is 0.323. The Morgan fingerprint density at radius 2 is 1.69 bits per heavy atom. The molecule has 0 N–H and O–H groups in total. The van der Waals surface area contributed by atoms with E-state index in [0.717, 1.165) is 27.1 Å². The van der Waals surface area contributed by atoms with Gasteiger partial charge in [0, 0.05) is 0 Å². The molecule has 0 aliphatic carbocycles. The molecule has 3 nitrogen and oxygen atoms in total. The number of hydrogen-bond donors (Lipinski definition) is 0. The monoisotopic (exact) mass is 250 g/mol. The standard InChI is InChI=1S/C12H27O3P/c1-5-7-14-15-9-8-13-11(3)10-12(4)16-6-2/h11-12,16H,5-10H2,1-4H3. The van der Waals surface area contributed by atoms with Gasteiger partial charge in [-0.1, -0.05) is 20.8 Å². The zero-order chi connectivity index (χ0) is 12.2. The molecule has 0 amide bonds. The van der Waals surface area contributed by atoms with Gasteiger partial charge in [0.15, 0.2) is 0 Å². The second kappa shape index (κ2) is 11.8. The molecule has 0 rings (SSSR count). The molecule has 0 bridgehead atoms. The van der Waals surface area contributed by atoms with E-state index in [0.29, 0.717) is 25.9 Å². The maximum Gasteiger partial charge on any atom is 0.106 e. The average Bonchev–Trinajstić information content (AvgIpc) is 2.23. The predicted octanol–water partition coefficient (Wildman–Crippen LogP) is 3.23. The topological polar surface area (TPSA) is 27.7 Å². The van der Waals surface area contributed by atoms with Gasteiger partial charge < -0.3 is 4.74 Å². The minimum Gasteiger partial charge on any atom is -0.376 e. The molecule has 0 fully saturated rings. The van der Waals surface area contributed by atoms with Gasteiger partial charge in [0.1, 0.15) is 6.61 Å². The second-order valence-corrected chi connectivity index (χ2v) is 6.12. The molecule has 0 radical (unpaired) electrons. The smallest absolute Gasteiger partial charge is 0.106 e. The van der Waals surface area contributed by atoms with Crippen molar-refractivity contribution in [1.82, 2.24) is 0 Å². The summed E-state index contributed by atoms with van der Waals surface area (Å²) >= 11 is 0. The van der Waals surface area contributed by atoms with E-state index in [-0.39, 0.29) is 0 Å². The molecular weight excluding hydrogens is 223 g/mol. The van der Waals surface area contributed by atoms with Gasteiger partial charge in [-0.15, -0.1) is 8.58 Å². The molecule has 0 heterocycles. The van der Waals surface area contributed by atoms with Crippen LogP contribution in [-0.4, -0.2) is 37.7 Å². The Kier molecular flexibility index (Phi) is 12.0. The van der Waals surface area contributed by atoms with Crippen LogP contribution in [0.2, 0.25) is 0 Å². The van der Waals surface area contributed by atoms with Crippen LogP contribution in [0.15, 0.2) is 0 Å². The molecule has 0 aromatic rings. The Labute approximate surface area is 102 Å². The highest BCUT2D eigenvalue weighted by atomic mass is 31.1. The number of rotatable bonds is 11. The first-order valence-electron chi connectivity index (χ1n) is 6.30. The van der Waals surface area contributed by atoms with Gasteiger partial charge in [-0.2, -0.15) is 0 Å². The first-order valence-corrected chi connectivity index (χ1v) is 7.58. The van der Waals surface area contributed by atoms with Crippen molar-refractivity contribution in [2.24, 2.45) is 0 Å². The predicted molar refractivity (Wildman–Crippen MR) is 70.5 cm³/mol. The van der Waals surface area contributed by atoms with Crippen molar-refractivity contribution in [3.05, 3.63) is 0 Å². The van der Waals surface area contributed by atoms with Crippen LogP contribution in [-0.2, 0) is 14.5 Å². The molecule has 0 aliphatic heterocycles. The summed E-state index contributed by atoms with van der Waals surface area (Å²) in [7, 11) is 1.05. The highest BCUT2D eigenvalue weighted by molar-refractivity contribution is 7.38. The van der Waals surface area contributed by atoms with E-state index in [1.807, 2.05) is 0 Å². The van der Waals surface area contributed by atoms with Gasteiger partial charge in [-0.25, -0.2) is 9.78 Å². The van der Waals surface area contributed by atoms with E-state index in [2.05, 4.69) is 27.7 Å². The summed E-state index contributed by atoms with van der Waals surface area (Å²) in [5.74, 6) is 0. The fraction of sp³-hybridized carbons (Fsp3) is 1.00. The Balaban J connectivity index is 3.26. The van der Waals surface area contributed by atoms with Crippen molar-refractivity contribution in [2.75, 3.05) is 26.0 Å². The van der Waals surface area contributed by atoms with Crippen molar-refractivity contribution >= 4 is 8.58 Å². The average molecular weight is 250 g/mol. The maximum absolute atomic E-state index is 5.64. The molecule has 3 atom stereocenters. The molecule has 4 heteroatoms. The highest BCUT2D eigenvalue weighted by Crippen LogP contribution is 2.22. The van der Waals surface area contributed by atoms with Crippen molar-refractivity contribution in [2.45, 2.75) is 52.3 Å². The second-order valence-electron chi connectivity index (χ2n) is 4.02. The van der Waals surface area contributed by atoms with Crippen LogP contribution in [0.1, 0.15) is 40.5 Å². The molecule has 0 saturated heterocycles. The number of hydrogen-bond acceptors (Lipinski definition) is 3. The third-order valence-electron chi connectivity index (χ3n) is 2.18. The summed E-state index contributed by atoms with van der Waals surface area (Å²) in [5.41, 5.74) is 0.775. The first-order chi connectivity index (χ1) is 7.70. The van der Waals surface area contributed by atoms with Gasteiger partial charge in [0.25, 0.3) is 0 Å². The summed E-state index contributed by atoms with van der Waals surface area (Å²) in [6, 6.07) is 0. The lowest BCUT2D eigenvalue weighted by molar-refractivity contribution is -0.299. The molecule has 0 spiro atoms. The molecule has 3 unspecified atom stereocenters. The Morgan fingerprint density at radius 3 is 2.31 bits per heavy atom. The lowest BCUT2D eigenvalue weighted by Gasteiger charge is -2.17. The van der Waals surface area contributed by atoms with Gasteiger partial charge >= 0.3 is 0 Å². The van der Waals surface area contributed by atoms with Gasteiger partial charge in [0.05, 0.1) is 19.3 Å². The number of ether oxygens (including phenoxy) is 1. The minimum atomic E-state index is 0.323. The summed E-state index contributed by atoms with van der Waals surface area (Å²) in [5, 5.41) is 0. The van der Waals surface area contributed by atoms with Crippen molar-refractivity contribution < 1.29 is 14.5 Å². The molecule has 0 aliphatic rings. The van der Waals surface area contributed by atoms with Crippen molar-refractivity contribution in [3.8, 4) is 0 Å². The van der Waals surface area contributed by atoms with Crippen LogP contribution in [0.4, 0.5) is 0 Å². The summed E-state index contributed by atoms with van der Waals surface area (Å²) in [6.45, 7) is 10.5. The lowest BCUT2D eigenvalue weighted by atomic mass is 10.2. The third kappa shape index (κ3) is 10.8. The largest absolute Gasteiger partial charge is 0.376 e.